The SMILES string of the molecule is c1ccc2[nH]c(CCCNc3nccc(-c4ccc(-c5ncc[nH]5)cc4)n3)nc2c1. The second-order valence-electron chi connectivity index (χ2n) is 7.01. The lowest BCUT2D eigenvalue weighted by atomic mass is 10.1. The van der Waals surface area contributed by atoms with Gasteiger partial charge in [-0.3, -0.25) is 0 Å². The predicted octanol–water partition coefficient (Wildman–Crippen LogP) is 4.45. The van der Waals surface area contributed by atoms with Crippen molar-refractivity contribution in [2.24, 2.45) is 0 Å². The average molecular weight is 395 g/mol. The molecule has 7 heteroatoms. The van der Waals surface area contributed by atoms with Gasteiger partial charge < -0.3 is 15.3 Å². The zero-order chi connectivity index (χ0) is 20.2. The van der Waals surface area contributed by atoms with E-state index in [1.165, 1.54) is 0 Å². The van der Waals surface area contributed by atoms with Crippen molar-refractivity contribution >= 4 is 17.0 Å². The van der Waals surface area contributed by atoms with E-state index in [2.05, 4.69) is 35.2 Å². The minimum Gasteiger partial charge on any atom is -0.354 e. The minimum absolute atomic E-state index is 0.632. The summed E-state index contributed by atoms with van der Waals surface area (Å²) in [7, 11) is 0. The van der Waals surface area contributed by atoms with Gasteiger partial charge in [0.05, 0.1) is 16.7 Å². The van der Waals surface area contributed by atoms with Crippen LogP contribution < -0.4 is 5.32 Å². The molecule has 2 aromatic carbocycles. The summed E-state index contributed by atoms with van der Waals surface area (Å²) in [5.41, 5.74) is 5.06. The summed E-state index contributed by atoms with van der Waals surface area (Å²) in [6.07, 6.45) is 7.16. The van der Waals surface area contributed by atoms with Crippen LogP contribution in [0.5, 0.6) is 0 Å². The maximum Gasteiger partial charge on any atom is 0.223 e. The van der Waals surface area contributed by atoms with Crippen LogP contribution in [-0.2, 0) is 6.42 Å². The first-order valence-corrected chi connectivity index (χ1v) is 9.96. The van der Waals surface area contributed by atoms with Crippen molar-refractivity contribution in [2.45, 2.75) is 12.8 Å². The molecule has 0 radical (unpaired) electrons. The van der Waals surface area contributed by atoms with E-state index in [1.54, 1.807) is 12.4 Å². The Kier molecular flexibility index (Phi) is 4.91. The van der Waals surface area contributed by atoms with Crippen LogP contribution in [0.2, 0.25) is 0 Å². The van der Waals surface area contributed by atoms with Crippen molar-refractivity contribution in [3.63, 3.8) is 0 Å². The van der Waals surface area contributed by atoms with Crippen molar-refractivity contribution in [2.75, 3.05) is 11.9 Å². The van der Waals surface area contributed by atoms with Crippen LogP contribution in [0, 0.1) is 0 Å². The monoisotopic (exact) mass is 395 g/mol. The third-order valence-corrected chi connectivity index (χ3v) is 4.92. The first-order chi connectivity index (χ1) is 14.8. The van der Waals surface area contributed by atoms with Crippen LogP contribution in [0.1, 0.15) is 12.2 Å². The van der Waals surface area contributed by atoms with Gasteiger partial charge in [0.1, 0.15) is 11.6 Å². The van der Waals surface area contributed by atoms with E-state index in [4.69, 9.17) is 0 Å². The molecule has 5 rings (SSSR count). The molecular formula is C23H21N7. The molecule has 7 nitrogen and oxygen atoms in total. The summed E-state index contributed by atoms with van der Waals surface area (Å²) in [5, 5.41) is 3.31. The maximum absolute atomic E-state index is 4.65. The highest BCUT2D eigenvalue weighted by Crippen LogP contribution is 2.22. The van der Waals surface area contributed by atoms with Gasteiger partial charge >= 0.3 is 0 Å². The lowest BCUT2D eigenvalue weighted by Crippen LogP contribution is -2.07. The summed E-state index contributed by atoms with van der Waals surface area (Å²) < 4.78 is 0. The Labute approximate surface area is 173 Å². The molecule has 0 aliphatic heterocycles. The van der Waals surface area contributed by atoms with Gasteiger partial charge in [0.2, 0.25) is 5.95 Å². The number of H-pyrrole nitrogens is 2. The van der Waals surface area contributed by atoms with Crippen molar-refractivity contribution in [3.8, 4) is 22.6 Å². The molecule has 0 saturated heterocycles. The standard InChI is InChI=1S/C23H21N7/c1-2-5-20-19(4-1)28-21(29-20)6-3-12-26-23-27-13-11-18(30-23)16-7-9-17(10-8-16)22-24-14-15-25-22/h1-2,4-5,7-11,13-15H,3,6,12H2,(H,24,25)(H,28,29)(H,26,27,30). The van der Waals surface area contributed by atoms with Gasteiger partial charge in [-0.15, -0.1) is 0 Å². The Bertz CT molecular complexity index is 1210. The fraction of sp³-hybridized carbons (Fsp3) is 0.130. The van der Waals surface area contributed by atoms with Crippen LogP contribution in [0.15, 0.2) is 73.2 Å². The first kappa shape index (κ1) is 18.1. The van der Waals surface area contributed by atoms with E-state index in [1.807, 2.05) is 60.8 Å². The molecule has 30 heavy (non-hydrogen) atoms. The number of nitrogens with one attached hydrogen (secondary N) is 3. The third-order valence-electron chi connectivity index (χ3n) is 4.92. The van der Waals surface area contributed by atoms with Gasteiger partial charge in [0, 0.05) is 42.7 Å². The molecule has 0 fully saturated rings. The number of aromatic amines is 2. The zero-order valence-corrected chi connectivity index (χ0v) is 16.3. The molecule has 0 unspecified atom stereocenters. The number of para-hydroxylation sites is 2. The van der Waals surface area contributed by atoms with Crippen molar-refractivity contribution < 1.29 is 0 Å². The summed E-state index contributed by atoms with van der Waals surface area (Å²) in [6.45, 7) is 0.776. The highest BCUT2D eigenvalue weighted by Gasteiger charge is 2.05. The molecular weight excluding hydrogens is 374 g/mol. The van der Waals surface area contributed by atoms with Gasteiger partial charge in [-0.2, -0.15) is 0 Å². The molecule has 3 N–H and O–H groups in total. The molecule has 3 heterocycles. The van der Waals surface area contributed by atoms with E-state index in [0.29, 0.717) is 5.95 Å². The second kappa shape index (κ2) is 8.16. The van der Waals surface area contributed by atoms with Gasteiger partial charge in [-0.25, -0.2) is 19.9 Å². The number of nitrogens with zero attached hydrogens (tertiary/aromatic N) is 4. The fourth-order valence-electron chi connectivity index (χ4n) is 3.41. The van der Waals surface area contributed by atoms with E-state index in [-0.39, 0.29) is 0 Å². The molecule has 0 saturated carbocycles. The lowest BCUT2D eigenvalue weighted by Gasteiger charge is -2.07. The molecule has 0 atom stereocenters. The van der Waals surface area contributed by atoms with Gasteiger partial charge in [-0.05, 0) is 24.6 Å². The van der Waals surface area contributed by atoms with Crippen LogP contribution in [-0.4, -0.2) is 36.4 Å². The minimum atomic E-state index is 0.632. The summed E-state index contributed by atoms with van der Waals surface area (Å²) in [6, 6.07) is 18.2. The topological polar surface area (TPSA) is 95.2 Å². The normalized spacial score (nSPS) is 11.1. The Morgan fingerprint density at radius 2 is 1.70 bits per heavy atom. The summed E-state index contributed by atoms with van der Waals surface area (Å²) in [5.74, 6) is 2.49. The lowest BCUT2D eigenvalue weighted by molar-refractivity contribution is 0.813. The average Bonchev–Trinajstić information content (AvgIpc) is 3.47. The number of benzene rings is 2. The predicted molar refractivity (Wildman–Crippen MR) is 118 cm³/mol. The number of hydrogen-bond acceptors (Lipinski definition) is 5. The quantitative estimate of drug-likeness (QED) is 0.354. The van der Waals surface area contributed by atoms with E-state index >= 15 is 0 Å². The molecule has 0 amide bonds. The van der Waals surface area contributed by atoms with E-state index in [0.717, 1.165) is 58.9 Å². The smallest absolute Gasteiger partial charge is 0.223 e. The van der Waals surface area contributed by atoms with Crippen LogP contribution >= 0.6 is 0 Å². The number of rotatable bonds is 7. The van der Waals surface area contributed by atoms with Crippen LogP contribution in [0.4, 0.5) is 5.95 Å². The highest BCUT2D eigenvalue weighted by molar-refractivity contribution is 5.74. The van der Waals surface area contributed by atoms with Crippen LogP contribution in [0.25, 0.3) is 33.7 Å². The number of imidazole rings is 2. The molecule has 0 aliphatic rings. The third kappa shape index (κ3) is 3.91. The summed E-state index contributed by atoms with van der Waals surface area (Å²) >= 11 is 0. The molecule has 0 spiro atoms. The number of fused-ring (bicyclic) bond motifs is 1. The molecule has 148 valence electrons. The number of aromatic nitrogens is 6. The number of aryl methyl sites for hydroxylation is 1. The van der Waals surface area contributed by atoms with Crippen molar-refractivity contribution in [1.82, 2.24) is 29.9 Å². The number of hydrogen-bond donors (Lipinski definition) is 3. The van der Waals surface area contributed by atoms with E-state index < -0.39 is 0 Å². The fourth-order valence-corrected chi connectivity index (χ4v) is 3.41. The number of anilines is 1. The van der Waals surface area contributed by atoms with Crippen LogP contribution in [0.3, 0.4) is 0 Å². The van der Waals surface area contributed by atoms with Crippen molar-refractivity contribution in [1.29, 1.82) is 0 Å². The maximum atomic E-state index is 4.65. The second-order valence-corrected chi connectivity index (χ2v) is 7.01. The Hall–Kier alpha value is -4.00. The molecule has 5 aromatic rings. The Balaban J connectivity index is 1.19. The van der Waals surface area contributed by atoms with Gasteiger partial charge in [0.15, 0.2) is 0 Å². The van der Waals surface area contributed by atoms with Gasteiger partial charge in [0.25, 0.3) is 0 Å². The summed E-state index contributed by atoms with van der Waals surface area (Å²) in [4.78, 5) is 24.4. The highest BCUT2D eigenvalue weighted by atomic mass is 15.1. The largest absolute Gasteiger partial charge is 0.354 e. The Morgan fingerprint density at radius 1 is 0.833 bits per heavy atom. The first-order valence-electron chi connectivity index (χ1n) is 9.96. The van der Waals surface area contributed by atoms with E-state index in [9.17, 15) is 0 Å². The molecule has 3 aromatic heterocycles. The zero-order valence-electron chi connectivity index (χ0n) is 16.3. The molecule has 0 aliphatic carbocycles. The Morgan fingerprint density at radius 3 is 2.53 bits per heavy atom. The van der Waals surface area contributed by atoms with Crippen molar-refractivity contribution in [3.05, 3.63) is 79.0 Å². The van der Waals surface area contributed by atoms with Gasteiger partial charge in [-0.1, -0.05) is 36.4 Å². The molecule has 0 bridgehead atoms.